The van der Waals surface area contributed by atoms with Crippen LogP contribution in [-0.4, -0.2) is 59.4 Å². The maximum atomic E-state index is 13.1. The van der Waals surface area contributed by atoms with Gasteiger partial charge in [-0.2, -0.15) is 0 Å². The Labute approximate surface area is 203 Å². The van der Waals surface area contributed by atoms with Crippen molar-refractivity contribution in [2.24, 2.45) is 0 Å². The summed E-state index contributed by atoms with van der Waals surface area (Å²) in [5.74, 6) is -0.850. The minimum absolute atomic E-state index is 0.0948. The lowest BCUT2D eigenvalue weighted by molar-refractivity contribution is -0.140. The Hall–Kier alpha value is -2.90. The monoisotopic (exact) mass is 512 g/mol. The van der Waals surface area contributed by atoms with Crippen LogP contribution < -0.4 is 4.74 Å². The molecule has 1 fully saturated rings. The molecule has 1 amide bonds. The first-order chi connectivity index (χ1) is 15.9. The van der Waals surface area contributed by atoms with E-state index in [0.717, 1.165) is 23.1 Å². The van der Waals surface area contributed by atoms with Crippen LogP contribution in [0, 0.1) is 0 Å². The third-order valence-electron chi connectivity index (χ3n) is 5.75. The van der Waals surface area contributed by atoms with Crippen molar-refractivity contribution in [3.05, 3.63) is 82.4 Å². The predicted molar refractivity (Wildman–Crippen MR) is 133 cm³/mol. The van der Waals surface area contributed by atoms with Gasteiger partial charge in [0, 0.05) is 23.1 Å². The third kappa shape index (κ3) is 5.54. The highest BCUT2D eigenvalue weighted by Gasteiger charge is 2.46. The fraction of sp³-hybridized carbons (Fsp3) is 0.308. The SMILES string of the molecule is C=CCOc1ccc(/C(O)=C2\C(=O)C(=O)N(CCN(CC)CC)C2c2cccc(Br)c2)cc1. The first-order valence-electron chi connectivity index (χ1n) is 11.0. The van der Waals surface area contributed by atoms with Crippen molar-refractivity contribution in [1.29, 1.82) is 0 Å². The zero-order valence-corrected chi connectivity index (χ0v) is 20.5. The van der Waals surface area contributed by atoms with Gasteiger partial charge < -0.3 is 19.6 Å². The van der Waals surface area contributed by atoms with Crippen LogP contribution in [0.3, 0.4) is 0 Å². The highest BCUT2D eigenvalue weighted by atomic mass is 79.9. The van der Waals surface area contributed by atoms with Gasteiger partial charge in [0.15, 0.2) is 0 Å². The average Bonchev–Trinajstić information content (AvgIpc) is 3.08. The van der Waals surface area contributed by atoms with Gasteiger partial charge in [0.25, 0.3) is 11.7 Å². The van der Waals surface area contributed by atoms with E-state index in [1.165, 1.54) is 0 Å². The molecule has 1 heterocycles. The Balaban J connectivity index is 2.04. The highest BCUT2D eigenvalue weighted by molar-refractivity contribution is 9.10. The van der Waals surface area contributed by atoms with Crippen molar-refractivity contribution in [2.75, 3.05) is 32.8 Å². The fourth-order valence-electron chi connectivity index (χ4n) is 3.94. The number of amides is 1. The van der Waals surface area contributed by atoms with E-state index in [9.17, 15) is 14.7 Å². The number of ether oxygens (including phenoxy) is 1. The number of benzene rings is 2. The van der Waals surface area contributed by atoms with Gasteiger partial charge in [-0.1, -0.05) is 54.6 Å². The number of carbonyl (C=O) groups is 2. The summed E-state index contributed by atoms with van der Waals surface area (Å²) in [5.41, 5.74) is 1.30. The molecule has 0 aliphatic carbocycles. The topological polar surface area (TPSA) is 70.1 Å². The van der Waals surface area contributed by atoms with E-state index in [4.69, 9.17) is 4.74 Å². The van der Waals surface area contributed by atoms with E-state index in [2.05, 4.69) is 41.3 Å². The molecule has 2 aromatic rings. The van der Waals surface area contributed by atoms with E-state index in [0.29, 0.717) is 31.0 Å². The molecular formula is C26H29BrN2O4. The molecule has 1 saturated heterocycles. The molecule has 0 aromatic heterocycles. The van der Waals surface area contributed by atoms with Gasteiger partial charge in [-0.3, -0.25) is 9.59 Å². The van der Waals surface area contributed by atoms with Crippen LogP contribution in [0.25, 0.3) is 5.76 Å². The van der Waals surface area contributed by atoms with Crippen LogP contribution in [-0.2, 0) is 9.59 Å². The molecule has 6 nitrogen and oxygen atoms in total. The summed E-state index contributed by atoms with van der Waals surface area (Å²) in [7, 11) is 0. The Bertz CT molecular complexity index is 1040. The van der Waals surface area contributed by atoms with Gasteiger partial charge in [0.05, 0.1) is 11.6 Å². The quantitative estimate of drug-likeness (QED) is 0.214. The molecule has 33 heavy (non-hydrogen) atoms. The molecule has 3 rings (SSSR count). The van der Waals surface area contributed by atoms with Gasteiger partial charge in [0.1, 0.15) is 18.1 Å². The van der Waals surface area contributed by atoms with Crippen molar-refractivity contribution in [3.63, 3.8) is 0 Å². The zero-order chi connectivity index (χ0) is 24.0. The molecule has 1 aliphatic heterocycles. The minimum Gasteiger partial charge on any atom is -0.507 e. The van der Waals surface area contributed by atoms with E-state index in [1.54, 1.807) is 35.2 Å². The minimum atomic E-state index is -0.677. The molecule has 1 aliphatic rings. The zero-order valence-electron chi connectivity index (χ0n) is 19.0. The molecule has 174 valence electrons. The Morgan fingerprint density at radius 1 is 1.18 bits per heavy atom. The van der Waals surface area contributed by atoms with Crippen molar-refractivity contribution in [3.8, 4) is 5.75 Å². The number of likely N-dealkylation sites (tertiary alicyclic amines) is 1. The first-order valence-corrected chi connectivity index (χ1v) is 11.8. The van der Waals surface area contributed by atoms with Gasteiger partial charge in [-0.15, -0.1) is 0 Å². The maximum Gasteiger partial charge on any atom is 0.295 e. The van der Waals surface area contributed by atoms with Crippen LogP contribution in [0.15, 0.2) is 71.2 Å². The second-order valence-corrected chi connectivity index (χ2v) is 8.61. The van der Waals surface area contributed by atoms with Gasteiger partial charge in [0.2, 0.25) is 0 Å². The summed E-state index contributed by atoms with van der Waals surface area (Å²) in [4.78, 5) is 29.9. The number of hydrogen-bond donors (Lipinski definition) is 1. The number of Topliss-reactive ketones (excluding diaryl/α,β-unsaturated/α-hetero) is 1. The van der Waals surface area contributed by atoms with Crippen molar-refractivity contribution in [1.82, 2.24) is 9.80 Å². The van der Waals surface area contributed by atoms with Gasteiger partial charge in [-0.25, -0.2) is 0 Å². The van der Waals surface area contributed by atoms with Crippen LogP contribution in [0.2, 0.25) is 0 Å². The molecule has 7 heteroatoms. The van der Waals surface area contributed by atoms with Crippen LogP contribution in [0.1, 0.15) is 31.0 Å². The third-order valence-corrected chi connectivity index (χ3v) is 6.24. The van der Waals surface area contributed by atoms with Crippen LogP contribution >= 0.6 is 15.9 Å². The highest BCUT2D eigenvalue weighted by Crippen LogP contribution is 2.40. The molecule has 2 aromatic carbocycles. The number of ketones is 1. The molecule has 1 atom stereocenters. The number of likely N-dealkylation sites (N-methyl/N-ethyl adjacent to an activating group) is 1. The lowest BCUT2D eigenvalue weighted by Crippen LogP contribution is -2.38. The van der Waals surface area contributed by atoms with E-state index in [-0.39, 0.29) is 11.3 Å². The number of hydrogen-bond acceptors (Lipinski definition) is 5. The number of aliphatic hydroxyl groups excluding tert-OH is 1. The second-order valence-electron chi connectivity index (χ2n) is 7.70. The van der Waals surface area contributed by atoms with Gasteiger partial charge in [-0.05, 0) is 55.1 Å². The summed E-state index contributed by atoms with van der Waals surface area (Å²) in [6.45, 7) is 10.8. The van der Waals surface area contributed by atoms with Crippen molar-refractivity contribution < 1.29 is 19.4 Å². The summed E-state index contributed by atoms with van der Waals surface area (Å²) in [6, 6.07) is 13.6. The molecule has 0 spiro atoms. The number of rotatable bonds is 10. The standard InChI is InChI=1S/C26H29BrN2O4/c1-4-16-33-21-12-10-18(11-13-21)24(30)22-23(19-8-7-9-20(27)17-19)29(26(32)25(22)31)15-14-28(5-2)6-3/h4,7-13,17,23,30H,1,5-6,14-16H2,2-3H3/b24-22+. The Kier molecular flexibility index (Phi) is 8.47. The number of halogens is 1. The maximum absolute atomic E-state index is 13.1. The largest absolute Gasteiger partial charge is 0.507 e. The van der Waals surface area contributed by atoms with Crippen LogP contribution in [0.5, 0.6) is 5.75 Å². The Morgan fingerprint density at radius 2 is 1.88 bits per heavy atom. The molecule has 1 N–H and O–H groups in total. The normalized spacial score (nSPS) is 17.6. The average molecular weight is 513 g/mol. The molecule has 1 unspecified atom stereocenters. The lowest BCUT2D eigenvalue weighted by atomic mass is 9.95. The van der Waals surface area contributed by atoms with Crippen molar-refractivity contribution >= 4 is 33.4 Å². The predicted octanol–water partition coefficient (Wildman–Crippen LogP) is 4.78. The summed E-state index contributed by atoms with van der Waals surface area (Å²) < 4.78 is 6.33. The molecule has 0 bridgehead atoms. The molecular weight excluding hydrogens is 484 g/mol. The molecule has 0 saturated carbocycles. The summed E-state index contributed by atoms with van der Waals surface area (Å²) in [6.07, 6.45) is 1.64. The van der Waals surface area contributed by atoms with Crippen molar-refractivity contribution in [2.45, 2.75) is 19.9 Å². The summed E-state index contributed by atoms with van der Waals surface area (Å²) >= 11 is 3.48. The first kappa shape index (κ1) is 24.7. The van der Waals surface area contributed by atoms with E-state index in [1.807, 2.05) is 24.3 Å². The second kappa shape index (κ2) is 11.3. The number of carbonyl (C=O) groups excluding carboxylic acids is 2. The lowest BCUT2D eigenvalue weighted by Gasteiger charge is -2.28. The summed E-state index contributed by atoms with van der Waals surface area (Å²) in [5, 5.41) is 11.2. The molecule has 0 radical (unpaired) electrons. The fourth-order valence-corrected chi connectivity index (χ4v) is 4.36. The van der Waals surface area contributed by atoms with E-state index >= 15 is 0 Å². The van der Waals surface area contributed by atoms with Crippen LogP contribution in [0.4, 0.5) is 0 Å². The van der Waals surface area contributed by atoms with Gasteiger partial charge >= 0.3 is 0 Å². The Morgan fingerprint density at radius 3 is 2.48 bits per heavy atom. The number of nitrogens with zero attached hydrogens (tertiary/aromatic N) is 2. The number of aliphatic hydroxyl groups is 1. The van der Waals surface area contributed by atoms with E-state index < -0.39 is 17.7 Å². The smallest absolute Gasteiger partial charge is 0.295 e.